The molecule has 2 N–H and O–H groups in total. The largest absolute Gasteiger partial charge is 0.493 e. The number of rotatable bonds is 7. The van der Waals surface area contributed by atoms with Crippen molar-refractivity contribution in [1.29, 1.82) is 0 Å². The van der Waals surface area contributed by atoms with Gasteiger partial charge in [-0.2, -0.15) is 0 Å². The van der Waals surface area contributed by atoms with Gasteiger partial charge in [0, 0.05) is 22.8 Å². The van der Waals surface area contributed by atoms with Gasteiger partial charge in [-0.3, -0.25) is 4.79 Å². The van der Waals surface area contributed by atoms with Gasteiger partial charge in [0.25, 0.3) is 5.91 Å². The Bertz CT molecular complexity index is 740. The highest BCUT2D eigenvalue weighted by atomic mass is 35.5. The van der Waals surface area contributed by atoms with Gasteiger partial charge in [0.05, 0.1) is 7.11 Å². The second kappa shape index (κ2) is 8.81. The Morgan fingerprint density at radius 2 is 1.77 bits per heavy atom. The van der Waals surface area contributed by atoms with Crippen molar-refractivity contribution in [2.45, 2.75) is 32.9 Å². The number of hydrogen-bond acceptors (Lipinski definition) is 4. The molecule has 0 aliphatic heterocycles. The summed E-state index contributed by atoms with van der Waals surface area (Å²) < 4.78 is 11.0. The molecule has 2 aromatic carbocycles. The summed E-state index contributed by atoms with van der Waals surface area (Å²) in [5.41, 5.74) is 1.72. The Kier molecular flexibility index (Phi) is 6.75. The smallest absolute Gasteiger partial charge is 0.258 e. The van der Waals surface area contributed by atoms with Crippen LogP contribution in [0.3, 0.4) is 0 Å². The van der Waals surface area contributed by atoms with Gasteiger partial charge in [0.15, 0.2) is 18.1 Å². The number of anilines is 1. The number of ether oxygens (including phenoxy) is 2. The number of nitrogens with one attached hydrogen (secondary N) is 2. The lowest BCUT2D eigenvalue weighted by Gasteiger charge is -2.20. The summed E-state index contributed by atoms with van der Waals surface area (Å²) in [6, 6.07) is 13.1. The highest BCUT2D eigenvalue weighted by Gasteiger charge is 2.15. The molecule has 0 fully saturated rings. The van der Waals surface area contributed by atoms with Crippen LogP contribution >= 0.6 is 11.6 Å². The molecule has 140 valence electrons. The van der Waals surface area contributed by atoms with E-state index in [0.717, 1.165) is 11.3 Å². The first-order valence-corrected chi connectivity index (χ1v) is 8.75. The Labute approximate surface area is 159 Å². The van der Waals surface area contributed by atoms with Crippen LogP contribution in [0, 0.1) is 0 Å². The Morgan fingerprint density at radius 3 is 2.38 bits per heavy atom. The fourth-order valence-electron chi connectivity index (χ4n) is 2.31. The predicted molar refractivity (Wildman–Crippen MR) is 105 cm³/mol. The molecule has 2 rings (SSSR count). The molecule has 0 saturated carbocycles. The summed E-state index contributed by atoms with van der Waals surface area (Å²) in [5.74, 6) is 0.948. The van der Waals surface area contributed by atoms with Gasteiger partial charge >= 0.3 is 0 Å². The molecule has 0 unspecified atom stereocenters. The SMILES string of the molecule is COc1cc(CNc2ccc(Cl)cc2)ccc1OCC(=O)NC(C)(C)C. The first kappa shape index (κ1) is 19.9. The summed E-state index contributed by atoms with van der Waals surface area (Å²) in [4.78, 5) is 11.9. The second-order valence-corrected chi connectivity index (χ2v) is 7.37. The third-order valence-electron chi connectivity index (χ3n) is 3.44. The lowest BCUT2D eigenvalue weighted by atomic mass is 10.1. The highest BCUT2D eigenvalue weighted by Crippen LogP contribution is 2.28. The third kappa shape index (κ3) is 6.48. The van der Waals surface area contributed by atoms with E-state index in [1.54, 1.807) is 7.11 Å². The average molecular weight is 377 g/mol. The van der Waals surface area contributed by atoms with Crippen LogP contribution < -0.4 is 20.1 Å². The van der Waals surface area contributed by atoms with Crippen molar-refractivity contribution in [3.05, 3.63) is 53.1 Å². The van der Waals surface area contributed by atoms with E-state index in [-0.39, 0.29) is 18.1 Å². The van der Waals surface area contributed by atoms with E-state index in [2.05, 4.69) is 10.6 Å². The van der Waals surface area contributed by atoms with Crippen LogP contribution in [0.1, 0.15) is 26.3 Å². The number of amides is 1. The molecule has 2 aromatic rings. The van der Waals surface area contributed by atoms with Crippen LogP contribution in [-0.2, 0) is 11.3 Å². The van der Waals surface area contributed by atoms with Gasteiger partial charge in [-0.1, -0.05) is 17.7 Å². The fraction of sp³-hybridized carbons (Fsp3) is 0.350. The molecular formula is C20H25ClN2O3. The minimum absolute atomic E-state index is 0.0595. The number of carbonyl (C=O) groups is 1. The number of methoxy groups -OCH3 is 1. The molecule has 26 heavy (non-hydrogen) atoms. The minimum Gasteiger partial charge on any atom is -0.493 e. The monoisotopic (exact) mass is 376 g/mol. The average Bonchev–Trinajstić information content (AvgIpc) is 2.58. The van der Waals surface area contributed by atoms with Crippen molar-refractivity contribution in [3.63, 3.8) is 0 Å². The summed E-state index contributed by atoms with van der Waals surface area (Å²) in [7, 11) is 1.58. The van der Waals surface area contributed by atoms with Crippen molar-refractivity contribution in [2.24, 2.45) is 0 Å². The molecule has 6 heteroatoms. The highest BCUT2D eigenvalue weighted by molar-refractivity contribution is 6.30. The van der Waals surface area contributed by atoms with Crippen LogP contribution in [-0.4, -0.2) is 25.2 Å². The molecule has 0 aliphatic carbocycles. The normalized spacial score (nSPS) is 11.0. The predicted octanol–water partition coefficient (Wildman–Crippen LogP) is 4.25. The van der Waals surface area contributed by atoms with E-state index in [1.807, 2.05) is 63.2 Å². The Hall–Kier alpha value is -2.40. The molecule has 0 aromatic heterocycles. The maximum atomic E-state index is 11.9. The molecule has 0 aliphatic rings. The molecule has 0 saturated heterocycles. The van der Waals surface area contributed by atoms with Crippen molar-refractivity contribution >= 4 is 23.2 Å². The summed E-state index contributed by atoms with van der Waals surface area (Å²) in [5, 5.41) is 6.88. The van der Waals surface area contributed by atoms with Gasteiger partial charge in [-0.15, -0.1) is 0 Å². The van der Waals surface area contributed by atoms with Gasteiger partial charge in [-0.05, 0) is 62.7 Å². The molecule has 5 nitrogen and oxygen atoms in total. The van der Waals surface area contributed by atoms with Crippen LogP contribution in [0.5, 0.6) is 11.5 Å². The topological polar surface area (TPSA) is 59.6 Å². The number of halogens is 1. The van der Waals surface area contributed by atoms with E-state index >= 15 is 0 Å². The zero-order valence-corrected chi connectivity index (χ0v) is 16.3. The quantitative estimate of drug-likeness (QED) is 0.758. The van der Waals surface area contributed by atoms with Crippen LogP contribution in [0.25, 0.3) is 0 Å². The lowest BCUT2D eigenvalue weighted by molar-refractivity contribution is -0.124. The molecule has 0 bridgehead atoms. The summed E-state index contributed by atoms with van der Waals surface area (Å²) in [6.07, 6.45) is 0. The minimum atomic E-state index is -0.290. The molecule has 0 atom stereocenters. The van der Waals surface area contributed by atoms with Crippen molar-refractivity contribution < 1.29 is 14.3 Å². The van der Waals surface area contributed by atoms with Crippen LogP contribution in [0.4, 0.5) is 5.69 Å². The number of hydrogen-bond donors (Lipinski definition) is 2. The van der Waals surface area contributed by atoms with Gasteiger partial charge < -0.3 is 20.1 Å². The van der Waals surface area contributed by atoms with Gasteiger partial charge in [0.2, 0.25) is 0 Å². The fourth-order valence-corrected chi connectivity index (χ4v) is 2.44. The zero-order valence-electron chi connectivity index (χ0n) is 15.6. The molecule has 0 spiro atoms. The zero-order chi connectivity index (χ0) is 19.2. The van der Waals surface area contributed by atoms with Crippen molar-refractivity contribution in [1.82, 2.24) is 5.32 Å². The van der Waals surface area contributed by atoms with Crippen LogP contribution in [0.2, 0.25) is 5.02 Å². The Balaban J connectivity index is 1.95. The first-order chi connectivity index (χ1) is 12.3. The van der Waals surface area contributed by atoms with Crippen molar-refractivity contribution in [3.8, 4) is 11.5 Å². The Morgan fingerprint density at radius 1 is 1.08 bits per heavy atom. The third-order valence-corrected chi connectivity index (χ3v) is 3.69. The first-order valence-electron chi connectivity index (χ1n) is 8.37. The second-order valence-electron chi connectivity index (χ2n) is 6.93. The maximum absolute atomic E-state index is 11.9. The van der Waals surface area contributed by atoms with Gasteiger partial charge in [-0.25, -0.2) is 0 Å². The number of carbonyl (C=O) groups excluding carboxylic acids is 1. The molecule has 1 amide bonds. The van der Waals surface area contributed by atoms with Crippen molar-refractivity contribution in [2.75, 3.05) is 19.0 Å². The van der Waals surface area contributed by atoms with E-state index in [1.165, 1.54) is 0 Å². The standard InChI is InChI=1S/C20H25ClN2O3/c1-20(2,3)23-19(24)13-26-17-10-5-14(11-18(17)25-4)12-22-16-8-6-15(21)7-9-16/h5-11,22H,12-13H2,1-4H3,(H,23,24). The summed E-state index contributed by atoms with van der Waals surface area (Å²) in [6.45, 7) is 6.34. The van der Waals surface area contributed by atoms with Crippen LogP contribution in [0.15, 0.2) is 42.5 Å². The van der Waals surface area contributed by atoms with E-state index in [9.17, 15) is 4.79 Å². The van der Waals surface area contributed by atoms with E-state index < -0.39 is 0 Å². The lowest BCUT2D eigenvalue weighted by Crippen LogP contribution is -2.43. The van der Waals surface area contributed by atoms with E-state index in [0.29, 0.717) is 23.1 Å². The maximum Gasteiger partial charge on any atom is 0.258 e. The molecule has 0 heterocycles. The van der Waals surface area contributed by atoms with Gasteiger partial charge in [0.1, 0.15) is 0 Å². The van der Waals surface area contributed by atoms with E-state index in [4.69, 9.17) is 21.1 Å². The molecular weight excluding hydrogens is 352 g/mol. The summed E-state index contributed by atoms with van der Waals surface area (Å²) >= 11 is 5.89. The number of benzene rings is 2. The molecule has 0 radical (unpaired) electrons.